The average molecular weight is 1080 g/mol. The molecule has 3 aromatic heterocycles. The maximum absolute atomic E-state index is 12.8. The minimum absolute atomic E-state index is 0.0869. The van der Waals surface area contributed by atoms with Gasteiger partial charge in [-0.05, 0) is 85.7 Å². The lowest BCUT2D eigenvalue weighted by atomic mass is 9.99. The Balaban J connectivity index is 0.000000195. The Morgan fingerprint density at radius 1 is 0.848 bits per heavy atom. The number of carbonyl (C=O) groups excluding carboxylic acids is 6. The van der Waals surface area contributed by atoms with Crippen LogP contribution in [0.5, 0.6) is 11.5 Å². The van der Waals surface area contributed by atoms with Gasteiger partial charge in [-0.2, -0.15) is 11.3 Å². The average Bonchev–Trinajstić information content (AvgIpc) is 4.19. The molecule has 0 unspecified atom stereocenters. The molecule has 0 bridgehead atoms. The highest BCUT2D eigenvalue weighted by atomic mass is 79.9. The van der Waals surface area contributed by atoms with Crippen molar-refractivity contribution in [1.82, 2.24) is 25.8 Å². The summed E-state index contributed by atoms with van der Waals surface area (Å²) < 4.78 is 20.5. The van der Waals surface area contributed by atoms with Crippen LogP contribution in [-0.4, -0.2) is 98.2 Å². The number of hydrogen-bond acceptors (Lipinski definition) is 13. The number of ether oxygens (including phenoxy) is 4. The van der Waals surface area contributed by atoms with E-state index in [2.05, 4.69) is 54.4 Å². The molecule has 344 valence electrons. The summed E-state index contributed by atoms with van der Waals surface area (Å²) in [5.41, 5.74) is -0.864. The van der Waals surface area contributed by atoms with Gasteiger partial charge in [0.15, 0.2) is 0 Å². The highest BCUT2D eigenvalue weighted by Crippen LogP contribution is 2.31. The molecule has 1 fully saturated rings. The molecule has 8 rings (SSSR count). The van der Waals surface area contributed by atoms with Crippen molar-refractivity contribution >= 4 is 121 Å². The Morgan fingerprint density at radius 2 is 1.45 bits per heavy atom. The van der Waals surface area contributed by atoms with Gasteiger partial charge in [0.05, 0.1) is 65.3 Å². The number of terminal acetylenes is 1. The molecular formula is C44H37BrCl3N5O10S3. The van der Waals surface area contributed by atoms with Crippen LogP contribution in [0.25, 0.3) is 0 Å². The van der Waals surface area contributed by atoms with Gasteiger partial charge in [-0.25, -0.2) is 14.4 Å². The van der Waals surface area contributed by atoms with Crippen molar-refractivity contribution in [2.75, 3.05) is 41.5 Å². The maximum Gasteiger partial charge on any atom is 0.408 e. The number of carbonyl (C=O) groups is 6. The predicted molar refractivity (Wildman–Crippen MR) is 257 cm³/mol. The van der Waals surface area contributed by atoms with Gasteiger partial charge in [0.2, 0.25) is 11.1 Å². The molecule has 0 radical (unpaired) electrons. The first-order valence-corrected chi connectivity index (χ1v) is 23.5. The van der Waals surface area contributed by atoms with Crippen molar-refractivity contribution in [3.05, 3.63) is 122 Å². The minimum atomic E-state index is -1.86. The molecule has 5 aromatic rings. The lowest BCUT2D eigenvalue weighted by Crippen LogP contribution is -2.60. The molecule has 0 aliphatic carbocycles. The highest BCUT2D eigenvalue weighted by Gasteiger charge is 2.49. The van der Waals surface area contributed by atoms with E-state index >= 15 is 0 Å². The van der Waals surface area contributed by atoms with Crippen LogP contribution < -0.4 is 25.4 Å². The first-order chi connectivity index (χ1) is 31.5. The summed E-state index contributed by atoms with van der Waals surface area (Å²) in [5, 5.41) is 16.7. The van der Waals surface area contributed by atoms with Crippen molar-refractivity contribution in [3.63, 3.8) is 0 Å². The SMILES string of the molecule is C#C[C@](CN1Cc2ccc(OC)cc2C1=O)(NC(=O)OC)C(=O)OC.COc1ccc2c(c1)C(=O)N(C[C@@]1(C#Cc3sccc3Cl)NC(=O)NC1=O)C2.Clc1ccsc1.Clc1ccsc1Br. The third kappa shape index (κ3) is 12.4. The molecule has 3 N–H and O–H groups in total. The second-order valence-electron chi connectivity index (χ2n) is 13.7. The quantitative estimate of drug-likeness (QED) is 0.0780. The molecule has 0 spiro atoms. The van der Waals surface area contributed by atoms with E-state index in [1.807, 2.05) is 34.3 Å². The van der Waals surface area contributed by atoms with E-state index in [-0.39, 0.29) is 31.4 Å². The van der Waals surface area contributed by atoms with Gasteiger partial charge in [0.25, 0.3) is 17.7 Å². The molecule has 6 heterocycles. The van der Waals surface area contributed by atoms with Gasteiger partial charge in [-0.3, -0.25) is 25.0 Å². The molecule has 15 nitrogen and oxygen atoms in total. The van der Waals surface area contributed by atoms with Crippen LogP contribution in [0.4, 0.5) is 9.59 Å². The van der Waals surface area contributed by atoms with Crippen LogP contribution in [0, 0.1) is 24.2 Å². The summed E-state index contributed by atoms with van der Waals surface area (Å²) in [4.78, 5) is 77.0. The van der Waals surface area contributed by atoms with Gasteiger partial charge < -0.3 is 34.1 Å². The van der Waals surface area contributed by atoms with Gasteiger partial charge in [-0.15, -0.1) is 29.1 Å². The van der Waals surface area contributed by atoms with E-state index in [1.165, 1.54) is 35.4 Å². The molecule has 0 saturated carbocycles. The minimum Gasteiger partial charge on any atom is -0.497 e. The Kier molecular flexibility index (Phi) is 17.9. The number of hydrogen-bond donors (Lipinski definition) is 3. The molecule has 1 saturated heterocycles. The zero-order chi connectivity index (χ0) is 48.2. The maximum atomic E-state index is 12.8. The summed E-state index contributed by atoms with van der Waals surface area (Å²) in [6.45, 7) is 0.198. The molecule has 2 atom stereocenters. The zero-order valence-electron chi connectivity index (χ0n) is 35.1. The number of imide groups is 1. The summed E-state index contributed by atoms with van der Waals surface area (Å²) >= 11 is 24.9. The summed E-state index contributed by atoms with van der Waals surface area (Å²) in [6.07, 6.45) is 4.57. The topological polar surface area (TPSA) is 182 Å². The number of urea groups is 1. The number of amides is 6. The van der Waals surface area contributed by atoms with E-state index in [0.29, 0.717) is 39.1 Å². The number of fused-ring (bicyclic) bond motifs is 2. The largest absolute Gasteiger partial charge is 0.497 e. The van der Waals surface area contributed by atoms with E-state index in [4.69, 9.17) is 55.4 Å². The van der Waals surface area contributed by atoms with Crippen molar-refractivity contribution in [2.45, 2.75) is 24.2 Å². The third-order valence-corrected chi connectivity index (χ3v) is 14.2. The van der Waals surface area contributed by atoms with Crippen molar-refractivity contribution in [2.24, 2.45) is 0 Å². The van der Waals surface area contributed by atoms with Crippen molar-refractivity contribution in [1.29, 1.82) is 0 Å². The Bertz CT molecular complexity index is 2720. The second-order valence-corrected chi connectivity index (χ2v) is 18.9. The molecule has 3 aliphatic rings. The third-order valence-electron chi connectivity index (χ3n) is 9.54. The predicted octanol–water partition coefficient (Wildman–Crippen LogP) is 8.11. The lowest BCUT2D eigenvalue weighted by molar-refractivity contribution is -0.146. The zero-order valence-corrected chi connectivity index (χ0v) is 41.4. The number of rotatable bonds is 8. The summed E-state index contributed by atoms with van der Waals surface area (Å²) in [5.74, 6) is 6.97. The number of nitrogens with one attached hydrogen (secondary N) is 3. The van der Waals surface area contributed by atoms with Crippen LogP contribution >= 0.6 is 84.7 Å². The number of benzene rings is 2. The molecule has 6 amide bonds. The smallest absolute Gasteiger partial charge is 0.408 e. The van der Waals surface area contributed by atoms with E-state index in [1.54, 1.807) is 64.5 Å². The number of methoxy groups -OCH3 is 4. The number of halogens is 4. The molecule has 3 aliphatic heterocycles. The van der Waals surface area contributed by atoms with E-state index in [9.17, 15) is 28.8 Å². The van der Waals surface area contributed by atoms with Gasteiger partial charge in [0, 0.05) is 29.6 Å². The van der Waals surface area contributed by atoms with Crippen LogP contribution in [0.15, 0.2) is 79.9 Å². The van der Waals surface area contributed by atoms with E-state index in [0.717, 1.165) is 39.2 Å². The fraction of sp³-hybridized carbons (Fsp3) is 0.227. The Hall–Kier alpha value is -5.77. The molecule has 22 heteroatoms. The second kappa shape index (κ2) is 23.1. The van der Waals surface area contributed by atoms with Crippen molar-refractivity contribution in [3.8, 4) is 35.7 Å². The number of alkyl carbamates (subject to hydrolysis) is 1. The Morgan fingerprint density at radius 3 is 1.88 bits per heavy atom. The van der Waals surface area contributed by atoms with Gasteiger partial charge in [-0.1, -0.05) is 64.7 Å². The number of esters is 1. The monoisotopic (exact) mass is 1070 g/mol. The number of thiophene rings is 3. The van der Waals surface area contributed by atoms with Gasteiger partial charge >= 0.3 is 18.1 Å². The normalized spacial score (nSPS) is 16.0. The van der Waals surface area contributed by atoms with Crippen molar-refractivity contribution < 1.29 is 47.7 Å². The summed E-state index contributed by atoms with van der Waals surface area (Å²) in [6, 6.07) is 15.1. The first-order valence-electron chi connectivity index (χ1n) is 18.8. The number of nitrogens with zero attached hydrogens (tertiary/aromatic N) is 2. The highest BCUT2D eigenvalue weighted by molar-refractivity contribution is 9.11. The van der Waals surface area contributed by atoms with Crippen LogP contribution in [0.1, 0.15) is 36.7 Å². The fourth-order valence-corrected chi connectivity index (χ4v) is 9.24. The summed E-state index contributed by atoms with van der Waals surface area (Å²) in [7, 11) is 5.30. The van der Waals surface area contributed by atoms with E-state index < -0.39 is 35.1 Å². The fourth-order valence-electron chi connectivity index (χ4n) is 6.26. The van der Waals surface area contributed by atoms with Crippen LogP contribution in [0.3, 0.4) is 0 Å². The standard InChI is InChI=1S/C19H14ClN3O4S.C17H18N2O6.C4H2BrClS.C4H3ClS/c1-27-12-3-2-11-9-23(16(24)13(11)8-12)10-19(17(25)21-18(26)22-19)6-4-15-14(20)5-7-28-15;1-5-17(15(21)24-3,18-16(22)25-4)10-19-9-11-6-7-12(23-2)8-13(11)14(19)20;5-4-3(6)1-2-7-4;5-4-1-2-6-3-4/h2-3,5,7-8H,9-10H2,1H3,(H2,21,22,25,26);1,6-8H,9-10H2,2-4H3,(H,18,22);1-2H;1-3H/t19-;17-;;/m11../s1. The van der Waals surface area contributed by atoms with Crippen LogP contribution in [0.2, 0.25) is 15.1 Å². The molecule has 66 heavy (non-hydrogen) atoms. The van der Waals surface area contributed by atoms with Gasteiger partial charge in [0.1, 0.15) is 11.5 Å². The van der Waals surface area contributed by atoms with Crippen LogP contribution in [-0.2, 0) is 32.2 Å². The Labute approximate surface area is 414 Å². The lowest BCUT2D eigenvalue weighted by Gasteiger charge is -2.30. The first kappa shape index (κ1) is 51.2. The molecular weight excluding hydrogens is 1040 g/mol. The molecule has 2 aromatic carbocycles.